The van der Waals surface area contributed by atoms with Crippen LogP contribution >= 0.6 is 0 Å². The maximum Gasteiger partial charge on any atom is 0.244 e. The molecule has 1 saturated carbocycles. The van der Waals surface area contributed by atoms with Crippen molar-refractivity contribution in [2.75, 3.05) is 32.7 Å². The van der Waals surface area contributed by atoms with Crippen LogP contribution in [0.15, 0.2) is 4.99 Å². The molecule has 0 atom stereocenters. The molecule has 0 spiro atoms. The number of nitrogens with one attached hydrogen (secondary N) is 2. The van der Waals surface area contributed by atoms with Crippen LogP contribution in [0.1, 0.15) is 58.8 Å². The van der Waals surface area contributed by atoms with Crippen LogP contribution in [0.2, 0.25) is 0 Å². The minimum Gasteiger partial charge on any atom is -0.357 e. The molecule has 0 aromatic heterocycles. The van der Waals surface area contributed by atoms with Gasteiger partial charge in [-0.3, -0.25) is 4.79 Å². The lowest BCUT2D eigenvalue weighted by Gasteiger charge is -2.28. The molecular weight excluding hydrogens is 288 g/mol. The number of carbonyl (C=O) groups excluding carboxylic acids is 1. The first-order valence-electron chi connectivity index (χ1n) is 9.52. The Morgan fingerprint density at radius 2 is 1.70 bits per heavy atom. The Balaban J connectivity index is 1.74. The van der Waals surface area contributed by atoms with Gasteiger partial charge in [0.25, 0.3) is 0 Å². The Morgan fingerprint density at radius 1 is 1.04 bits per heavy atom. The van der Waals surface area contributed by atoms with Crippen molar-refractivity contribution in [3.8, 4) is 0 Å². The van der Waals surface area contributed by atoms with E-state index in [2.05, 4.69) is 29.5 Å². The Kier molecular flexibility index (Phi) is 7.69. The third kappa shape index (κ3) is 6.04. The second-order valence-electron chi connectivity index (χ2n) is 6.96. The zero-order valence-electron chi connectivity index (χ0n) is 14.9. The first-order chi connectivity index (χ1) is 11.2. The van der Waals surface area contributed by atoms with Crippen LogP contribution in [-0.4, -0.2) is 49.5 Å². The molecule has 2 fully saturated rings. The number of guanidine groups is 1. The number of amides is 1. The van der Waals surface area contributed by atoms with Gasteiger partial charge in [-0.1, -0.05) is 26.2 Å². The molecule has 1 aliphatic heterocycles. The molecule has 1 heterocycles. The molecule has 23 heavy (non-hydrogen) atoms. The smallest absolute Gasteiger partial charge is 0.244 e. The molecule has 1 saturated heterocycles. The summed E-state index contributed by atoms with van der Waals surface area (Å²) in [6.45, 7) is 8.23. The molecule has 0 unspecified atom stereocenters. The van der Waals surface area contributed by atoms with Crippen molar-refractivity contribution < 1.29 is 4.79 Å². The third-order valence-electron chi connectivity index (χ3n) is 5.28. The maximum atomic E-state index is 12.1. The van der Waals surface area contributed by atoms with E-state index in [-0.39, 0.29) is 12.5 Å². The van der Waals surface area contributed by atoms with Gasteiger partial charge in [-0.25, -0.2) is 4.99 Å². The summed E-state index contributed by atoms with van der Waals surface area (Å²) < 4.78 is 0. The van der Waals surface area contributed by atoms with E-state index in [1.165, 1.54) is 32.1 Å². The summed E-state index contributed by atoms with van der Waals surface area (Å²) in [5, 5.41) is 6.69. The minimum atomic E-state index is 0.156. The third-order valence-corrected chi connectivity index (χ3v) is 5.28. The van der Waals surface area contributed by atoms with Gasteiger partial charge in [0.05, 0.1) is 0 Å². The molecule has 1 amide bonds. The highest BCUT2D eigenvalue weighted by molar-refractivity contribution is 5.85. The van der Waals surface area contributed by atoms with Crippen molar-refractivity contribution in [2.24, 2.45) is 16.8 Å². The highest BCUT2D eigenvalue weighted by Crippen LogP contribution is 2.29. The van der Waals surface area contributed by atoms with Crippen LogP contribution in [0.5, 0.6) is 0 Å². The summed E-state index contributed by atoms with van der Waals surface area (Å²) in [5.41, 5.74) is 0. The molecule has 5 heteroatoms. The molecule has 1 aliphatic carbocycles. The fraction of sp³-hybridized carbons (Fsp3) is 0.889. The fourth-order valence-corrected chi connectivity index (χ4v) is 3.64. The lowest BCUT2D eigenvalue weighted by molar-refractivity contribution is -0.128. The molecule has 132 valence electrons. The lowest BCUT2D eigenvalue weighted by atomic mass is 9.81. The first kappa shape index (κ1) is 18.1. The van der Waals surface area contributed by atoms with Crippen LogP contribution < -0.4 is 10.6 Å². The largest absolute Gasteiger partial charge is 0.357 e. The maximum absolute atomic E-state index is 12.1. The highest BCUT2D eigenvalue weighted by atomic mass is 16.2. The average molecular weight is 322 g/mol. The van der Waals surface area contributed by atoms with E-state index >= 15 is 0 Å². The Morgan fingerprint density at radius 3 is 2.30 bits per heavy atom. The van der Waals surface area contributed by atoms with Crippen molar-refractivity contribution in [2.45, 2.75) is 58.8 Å². The van der Waals surface area contributed by atoms with Crippen molar-refractivity contribution in [1.82, 2.24) is 15.5 Å². The van der Waals surface area contributed by atoms with Gasteiger partial charge in [0.2, 0.25) is 5.91 Å². The number of nitrogens with zero attached hydrogens (tertiary/aromatic N) is 2. The van der Waals surface area contributed by atoms with Crippen molar-refractivity contribution in [3.05, 3.63) is 0 Å². The van der Waals surface area contributed by atoms with Crippen LogP contribution in [-0.2, 0) is 4.79 Å². The molecule has 0 bridgehead atoms. The number of rotatable bonds is 6. The van der Waals surface area contributed by atoms with E-state index in [1.54, 1.807) is 0 Å². The van der Waals surface area contributed by atoms with Crippen LogP contribution in [0.4, 0.5) is 0 Å². The summed E-state index contributed by atoms with van der Waals surface area (Å²) in [6.07, 6.45) is 8.95. The molecule has 0 radical (unpaired) electrons. The predicted octanol–water partition coefficient (Wildman–Crippen LogP) is 2.38. The average Bonchev–Trinajstić information content (AvgIpc) is 3.12. The standard InChI is InChI=1S/C18H34N4O/c1-3-15-7-9-16(10-8-15)13-20-18(19-4-2)21-14-17(23)22-11-5-6-12-22/h15-16H,3-14H2,1-2H3,(H2,19,20,21). The number of aliphatic imine (C=N–C) groups is 1. The summed E-state index contributed by atoms with van der Waals surface area (Å²) in [6, 6.07) is 0. The molecular formula is C18H34N4O. The number of hydrogen-bond donors (Lipinski definition) is 2. The minimum absolute atomic E-state index is 0.156. The van der Waals surface area contributed by atoms with Gasteiger partial charge in [-0.2, -0.15) is 0 Å². The zero-order valence-corrected chi connectivity index (χ0v) is 14.9. The van der Waals surface area contributed by atoms with Gasteiger partial charge in [0, 0.05) is 26.2 Å². The normalized spacial score (nSPS) is 25.5. The van der Waals surface area contributed by atoms with E-state index < -0.39 is 0 Å². The topological polar surface area (TPSA) is 56.7 Å². The molecule has 2 rings (SSSR count). The second-order valence-corrected chi connectivity index (χ2v) is 6.96. The van der Waals surface area contributed by atoms with Gasteiger partial charge < -0.3 is 15.5 Å². The van der Waals surface area contributed by atoms with Crippen molar-refractivity contribution >= 4 is 11.9 Å². The lowest BCUT2D eigenvalue weighted by Crippen LogP contribution is -2.41. The second kappa shape index (κ2) is 9.78. The van der Waals surface area contributed by atoms with Gasteiger partial charge in [0.1, 0.15) is 6.54 Å². The van der Waals surface area contributed by atoms with Crippen molar-refractivity contribution in [1.29, 1.82) is 0 Å². The van der Waals surface area contributed by atoms with Crippen molar-refractivity contribution in [3.63, 3.8) is 0 Å². The quantitative estimate of drug-likeness (QED) is 0.583. The molecule has 0 aromatic carbocycles. The SMILES string of the molecule is CCNC(=NCC(=O)N1CCCC1)NCC1CCC(CC)CC1. The van der Waals surface area contributed by atoms with Crippen LogP contribution in [0.25, 0.3) is 0 Å². The summed E-state index contributed by atoms with van der Waals surface area (Å²) in [4.78, 5) is 18.5. The number of carbonyl (C=O) groups is 1. The summed E-state index contributed by atoms with van der Waals surface area (Å²) in [7, 11) is 0. The van der Waals surface area contributed by atoms with E-state index in [0.29, 0.717) is 0 Å². The van der Waals surface area contributed by atoms with E-state index in [9.17, 15) is 4.79 Å². The molecule has 2 N–H and O–H groups in total. The highest BCUT2D eigenvalue weighted by Gasteiger charge is 2.20. The monoisotopic (exact) mass is 322 g/mol. The van der Waals surface area contributed by atoms with Gasteiger partial charge >= 0.3 is 0 Å². The number of hydrogen-bond acceptors (Lipinski definition) is 2. The van der Waals surface area contributed by atoms with E-state index in [0.717, 1.165) is 56.8 Å². The zero-order chi connectivity index (χ0) is 16.5. The Bertz CT molecular complexity index is 382. The fourth-order valence-electron chi connectivity index (χ4n) is 3.64. The van der Waals surface area contributed by atoms with Gasteiger partial charge in [-0.05, 0) is 44.4 Å². The Labute approximate surface area is 141 Å². The summed E-state index contributed by atoms with van der Waals surface area (Å²) >= 11 is 0. The van der Waals surface area contributed by atoms with E-state index in [1.807, 2.05) is 4.90 Å². The van der Waals surface area contributed by atoms with Crippen LogP contribution in [0, 0.1) is 11.8 Å². The molecule has 2 aliphatic rings. The van der Waals surface area contributed by atoms with Crippen LogP contribution in [0.3, 0.4) is 0 Å². The summed E-state index contributed by atoms with van der Waals surface area (Å²) in [5.74, 6) is 2.63. The number of likely N-dealkylation sites (tertiary alicyclic amines) is 1. The predicted molar refractivity (Wildman–Crippen MR) is 95.5 cm³/mol. The van der Waals surface area contributed by atoms with E-state index in [4.69, 9.17) is 0 Å². The van der Waals surface area contributed by atoms with Gasteiger partial charge in [-0.15, -0.1) is 0 Å². The molecule has 5 nitrogen and oxygen atoms in total. The van der Waals surface area contributed by atoms with Gasteiger partial charge in [0.15, 0.2) is 5.96 Å². The Hall–Kier alpha value is -1.26. The molecule has 0 aromatic rings. The first-order valence-corrected chi connectivity index (χ1v) is 9.52.